The number of carbonyl (C=O) groups is 1. The van der Waals surface area contributed by atoms with Gasteiger partial charge in [0, 0.05) is 35.6 Å². The van der Waals surface area contributed by atoms with E-state index in [-0.39, 0.29) is 17.0 Å². The summed E-state index contributed by atoms with van der Waals surface area (Å²) in [5, 5.41) is 8.90. The van der Waals surface area contributed by atoms with Crippen molar-refractivity contribution in [3.05, 3.63) is 53.5 Å². The number of nitrogens with one attached hydrogen (secondary N) is 2. The van der Waals surface area contributed by atoms with Crippen LogP contribution in [0.5, 0.6) is 0 Å². The van der Waals surface area contributed by atoms with Crippen LogP contribution >= 0.6 is 0 Å². The zero-order chi connectivity index (χ0) is 19.4. The van der Waals surface area contributed by atoms with E-state index in [1.807, 2.05) is 43.3 Å². The molecule has 1 amide bonds. The smallest absolute Gasteiger partial charge is 0.270 e. The van der Waals surface area contributed by atoms with Gasteiger partial charge in [0.15, 0.2) is 0 Å². The van der Waals surface area contributed by atoms with Gasteiger partial charge in [-0.2, -0.15) is 0 Å². The second-order valence-electron chi connectivity index (χ2n) is 8.25. The highest BCUT2D eigenvalue weighted by molar-refractivity contribution is 5.98. The number of aromatic amines is 1. The van der Waals surface area contributed by atoms with E-state index in [1.54, 1.807) is 0 Å². The fourth-order valence-electron chi connectivity index (χ4n) is 5.33. The summed E-state index contributed by atoms with van der Waals surface area (Å²) >= 11 is 0. The van der Waals surface area contributed by atoms with Crippen molar-refractivity contribution >= 4 is 16.8 Å². The van der Waals surface area contributed by atoms with Crippen LogP contribution in [-0.4, -0.2) is 38.6 Å². The van der Waals surface area contributed by atoms with Crippen molar-refractivity contribution in [2.24, 2.45) is 0 Å². The fraction of sp³-hybridized carbons (Fsp3) is 0.455. The number of benzene rings is 1. The summed E-state index contributed by atoms with van der Waals surface area (Å²) in [4.78, 5) is 18.8. The molecule has 0 bridgehead atoms. The van der Waals surface area contributed by atoms with Gasteiger partial charge in [-0.3, -0.25) is 4.79 Å². The summed E-state index contributed by atoms with van der Waals surface area (Å²) in [6.07, 6.45) is 4.30. The second kappa shape index (κ2) is 6.21. The number of fused-ring (bicyclic) bond motifs is 2. The molecular weight excluding hydrogens is 352 g/mol. The molecule has 5 rings (SSSR count). The lowest BCUT2D eigenvalue weighted by Gasteiger charge is -2.32. The summed E-state index contributed by atoms with van der Waals surface area (Å²) < 4.78 is 5.19. The Labute approximate surface area is 164 Å². The lowest BCUT2D eigenvalue weighted by molar-refractivity contribution is 0.0630. The van der Waals surface area contributed by atoms with Crippen LogP contribution in [0.4, 0.5) is 0 Å². The quantitative estimate of drug-likeness (QED) is 0.685. The Morgan fingerprint density at radius 3 is 2.93 bits per heavy atom. The van der Waals surface area contributed by atoms with E-state index in [0.717, 1.165) is 48.0 Å². The van der Waals surface area contributed by atoms with Gasteiger partial charge in [-0.25, -0.2) is 0 Å². The lowest BCUT2D eigenvalue weighted by Crippen LogP contribution is -2.49. The molecule has 2 aromatic heterocycles. The van der Waals surface area contributed by atoms with Crippen LogP contribution in [0.1, 0.15) is 54.5 Å². The largest absolute Gasteiger partial charge is 0.361 e. The van der Waals surface area contributed by atoms with Crippen molar-refractivity contribution < 1.29 is 9.32 Å². The predicted octanol–water partition coefficient (Wildman–Crippen LogP) is 3.78. The Balaban J connectivity index is 1.39. The molecule has 2 saturated carbocycles. The lowest BCUT2D eigenvalue weighted by atomic mass is 10.1. The normalized spacial score (nSPS) is 25.8. The first-order chi connectivity index (χ1) is 13.6. The van der Waals surface area contributed by atoms with E-state index in [1.165, 1.54) is 0 Å². The van der Waals surface area contributed by atoms with E-state index in [4.69, 9.17) is 4.52 Å². The minimum absolute atomic E-state index is 0.00244. The highest BCUT2D eigenvalue weighted by Gasteiger charge is 2.73. The second-order valence-corrected chi connectivity index (χ2v) is 8.25. The average molecular weight is 378 g/mol. The van der Waals surface area contributed by atoms with Gasteiger partial charge < -0.3 is 19.7 Å². The number of hydrogen-bond donors (Lipinski definition) is 2. The van der Waals surface area contributed by atoms with Gasteiger partial charge in [0.05, 0.1) is 11.2 Å². The Bertz CT molecular complexity index is 1010. The Kier molecular flexibility index (Phi) is 3.88. The number of nitrogens with zero attached hydrogens (tertiary/aromatic N) is 2. The molecule has 2 aliphatic carbocycles. The van der Waals surface area contributed by atoms with Gasteiger partial charge in [0.25, 0.3) is 5.91 Å². The monoisotopic (exact) mass is 378 g/mol. The molecule has 0 radical (unpaired) electrons. The maximum atomic E-state index is 13.4. The molecule has 2 aliphatic rings. The molecule has 28 heavy (non-hydrogen) atoms. The van der Waals surface area contributed by atoms with Gasteiger partial charge in [-0.1, -0.05) is 23.4 Å². The molecule has 2 heterocycles. The molecule has 2 atom stereocenters. The van der Waals surface area contributed by atoms with Gasteiger partial charge in [0.2, 0.25) is 0 Å². The van der Waals surface area contributed by atoms with Crippen molar-refractivity contribution in [1.82, 2.24) is 20.4 Å². The first kappa shape index (κ1) is 17.5. The Morgan fingerprint density at radius 2 is 2.18 bits per heavy atom. The highest BCUT2D eigenvalue weighted by Crippen LogP contribution is 2.63. The summed E-state index contributed by atoms with van der Waals surface area (Å²) in [6.45, 7) is 5.37. The van der Waals surface area contributed by atoms with Crippen molar-refractivity contribution in [3.63, 3.8) is 0 Å². The third-order valence-corrected chi connectivity index (χ3v) is 6.68. The number of hydrogen-bond acceptors (Lipinski definition) is 4. The van der Waals surface area contributed by atoms with E-state index < -0.39 is 0 Å². The molecular formula is C22H26N4O2. The van der Waals surface area contributed by atoms with Crippen LogP contribution < -0.4 is 5.32 Å². The van der Waals surface area contributed by atoms with Crippen molar-refractivity contribution in [1.29, 1.82) is 0 Å². The number of amides is 1. The van der Waals surface area contributed by atoms with Gasteiger partial charge in [-0.15, -0.1) is 0 Å². The number of likely N-dealkylation sites (N-methyl/N-ethyl adjacent to an activating group) is 1. The minimum atomic E-state index is -0.0884. The van der Waals surface area contributed by atoms with E-state index in [0.29, 0.717) is 18.8 Å². The standard InChI is InChI=1S/C22H26N4O2/c1-3-26(20(27)19-12-16-7-4-5-8-18(16)24-19)22-10-6-9-21(22,14-22)23-13-17-11-15(2)28-25-17/h4-5,7-8,11-12,23-24H,3,6,9-10,13-14H2,1-2H3/t21-,22-/m0/s1. The molecule has 2 N–H and O–H groups in total. The van der Waals surface area contributed by atoms with Crippen LogP contribution in [0, 0.1) is 6.92 Å². The first-order valence-corrected chi connectivity index (χ1v) is 10.1. The van der Waals surface area contributed by atoms with E-state index in [2.05, 4.69) is 27.3 Å². The summed E-state index contributed by atoms with van der Waals surface area (Å²) in [6, 6.07) is 12.0. The first-order valence-electron chi connectivity index (χ1n) is 10.1. The van der Waals surface area contributed by atoms with Crippen LogP contribution in [0.2, 0.25) is 0 Å². The molecule has 0 aliphatic heterocycles. The topological polar surface area (TPSA) is 74.2 Å². The molecule has 0 spiro atoms. The molecule has 146 valence electrons. The van der Waals surface area contributed by atoms with Gasteiger partial charge >= 0.3 is 0 Å². The highest BCUT2D eigenvalue weighted by atomic mass is 16.5. The van der Waals surface area contributed by atoms with Gasteiger partial charge in [-0.05, 0) is 51.7 Å². The molecule has 6 heteroatoms. The van der Waals surface area contributed by atoms with Crippen LogP contribution in [0.3, 0.4) is 0 Å². The molecule has 2 fully saturated rings. The van der Waals surface area contributed by atoms with Crippen molar-refractivity contribution in [2.45, 2.75) is 57.2 Å². The number of aromatic nitrogens is 2. The summed E-state index contributed by atoms with van der Waals surface area (Å²) in [7, 11) is 0. The number of rotatable bonds is 6. The predicted molar refractivity (Wildman–Crippen MR) is 107 cm³/mol. The average Bonchev–Trinajstić information content (AvgIpc) is 3.12. The maximum absolute atomic E-state index is 13.4. The number of para-hydroxylation sites is 1. The zero-order valence-corrected chi connectivity index (χ0v) is 16.4. The minimum Gasteiger partial charge on any atom is -0.361 e. The molecule has 1 aromatic carbocycles. The third kappa shape index (κ3) is 2.51. The van der Waals surface area contributed by atoms with Crippen LogP contribution in [0.25, 0.3) is 10.9 Å². The zero-order valence-electron chi connectivity index (χ0n) is 16.4. The molecule has 3 aromatic rings. The van der Waals surface area contributed by atoms with Crippen molar-refractivity contribution in [2.75, 3.05) is 6.54 Å². The number of carbonyl (C=O) groups excluding carboxylic acids is 1. The number of aryl methyl sites for hydroxylation is 1. The Hall–Kier alpha value is -2.60. The van der Waals surface area contributed by atoms with E-state index in [9.17, 15) is 4.79 Å². The summed E-state index contributed by atoms with van der Waals surface area (Å²) in [5.74, 6) is 0.925. The van der Waals surface area contributed by atoms with Gasteiger partial charge in [0.1, 0.15) is 11.5 Å². The fourth-order valence-corrected chi connectivity index (χ4v) is 5.33. The molecule has 6 nitrogen and oxygen atoms in total. The summed E-state index contributed by atoms with van der Waals surface area (Å²) in [5.41, 5.74) is 2.51. The molecule has 0 saturated heterocycles. The van der Waals surface area contributed by atoms with Crippen molar-refractivity contribution in [3.8, 4) is 0 Å². The van der Waals surface area contributed by atoms with Crippen LogP contribution in [-0.2, 0) is 6.54 Å². The third-order valence-electron chi connectivity index (χ3n) is 6.68. The van der Waals surface area contributed by atoms with E-state index >= 15 is 0 Å². The SMILES string of the molecule is CCN(C(=O)c1cc2ccccc2[nH]1)[C@]12CCC[C@]1(NCc1cc(C)on1)C2. The maximum Gasteiger partial charge on any atom is 0.270 e. The number of H-pyrrole nitrogens is 1. The Morgan fingerprint density at radius 1 is 1.32 bits per heavy atom. The van der Waals surface area contributed by atoms with Crippen LogP contribution in [0.15, 0.2) is 40.9 Å². The molecule has 0 unspecified atom stereocenters.